The van der Waals surface area contributed by atoms with Crippen LogP contribution in [0.2, 0.25) is 0 Å². The van der Waals surface area contributed by atoms with Crippen molar-refractivity contribution in [1.82, 2.24) is 19.9 Å². The van der Waals surface area contributed by atoms with Gasteiger partial charge in [-0.3, -0.25) is 0 Å². The Balaban J connectivity index is 1.06. The molecule has 0 spiro atoms. The lowest BCUT2D eigenvalue weighted by Gasteiger charge is -2.21. The van der Waals surface area contributed by atoms with Crippen LogP contribution < -0.4 is 0 Å². The predicted molar refractivity (Wildman–Crippen MR) is 245 cm³/mol. The van der Waals surface area contributed by atoms with E-state index in [1.165, 1.54) is 22.3 Å². The normalized spacial score (nSPS) is 13.0. The van der Waals surface area contributed by atoms with Crippen LogP contribution in [-0.4, -0.2) is 19.9 Å². The Morgan fingerprint density at radius 3 is 1.72 bits per heavy atom. The molecular weight excluding hydrogens is 733 g/mol. The van der Waals surface area contributed by atoms with Crippen molar-refractivity contribution in [1.29, 1.82) is 0 Å². The van der Waals surface area contributed by atoms with E-state index in [4.69, 9.17) is 24.4 Å². The lowest BCUT2D eigenvalue weighted by molar-refractivity contribution is 0.660. The third-order valence-corrected chi connectivity index (χ3v) is 12.3. The first-order valence-electron chi connectivity index (χ1n) is 20.4. The number of nitrogens with zero attached hydrogens (tertiary/aromatic N) is 4. The molecule has 0 aliphatic heterocycles. The van der Waals surface area contributed by atoms with Crippen LogP contribution in [0.15, 0.2) is 186 Å². The Morgan fingerprint density at radius 1 is 0.383 bits per heavy atom. The molecule has 1 aliphatic rings. The maximum Gasteiger partial charge on any atom is 0.164 e. The van der Waals surface area contributed by atoms with Gasteiger partial charge >= 0.3 is 0 Å². The van der Waals surface area contributed by atoms with Gasteiger partial charge in [0.15, 0.2) is 17.5 Å². The second kappa shape index (κ2) is 13.1. The molecule has 0 bridgehead atoms. The summed E-state index contributed by atoms with van der Waals surface area (Å²) in [7, 11) is 0. The largest absolute Gasteiger partial charge is 0.456 e. The molecule has 1 aliphatic carbocycles. The van der Waals surface area contributed by atoms with Crippen molar-refractivity contribution < 1.29 is 4.42 Å². The molecule has 3 heterocycles. The average molecular weight is 769 g/mol. The van der Waals surface area contributed by atoms with Gasteiger partial charge in [-0.1, -0.05) is 172 Å². The van der Waals surface area contributed by atoms with Crippen molar-refractivity contribution in [2.75, 3.05) is 0 Å². The first-order chi connectivity index (χ1) is 29.5. The van der Waals surface area contributed by atoms with E-state index in [9.17, 15) is 0 Å². The van der Waals surface area contributed by atoms with E-state index in [2.05, 4.69) is 159 Å². The topological polar surface area (TPSA) is 64.7 Å². The molecule has 60 heavy (non-hydrogen) atoms. The van der Waals surface area contributed by atoms with Crippen LogP contribution in [0.3, 0.4) is 0 Å². The lowest BCUT2D eigenvalue weighted by Crippen LogP contribution is -2.15. The molecule has 5 heteroatoms. The standard InChI is InChI=1S/C55H36N4O/c1-55(2)43-22-12-9-19-38(43)39-30-29-37(31-44(39)55)54-58-52(35-17-7-4-8-18-35)57-53(59-54)36-27-25-33(26-28-36)48-49-40-20-10-13-23-45(40)56-51(34-15-5-3-6-16-34)42(49)32-47-50(48)41-21-11-14-24-46(41)60-47/h3-32H,1-2H3. The highest BCUT2D eigenvalue weighted by molar-refractivity contribution is 6.27. The second-order valence-corrected chi connectivity index (χ2v) is 16.2. The summed E-state index contributed by atoms with van der Waals surface area (Å²) < 4.78 is 6.63. The number of aromatic nitrogens is 4. The molecule has 3 aromatic heterocycles. The summed E-state index contributed by atoms with van der Waals surface area (Å²) in [5.41, 5.74) is 14.6. The van der Waals surface area contributed by atoms with Gasteiger partial charge in [-0.05, 0) is 52.1 Å². The Bertz CT molecular complexity index is 3500. The van der Waals surface area contributed by atoms with Crippen LogP contribution in [0.4, 0.5) is 0 Å². The number of furan rings is 1. The van der Waals surface area contributed by atoms with E-state index in [1.807, 2.05) is 36.4 Å². The Labute approximate surface area is 346 Å². The van der Waals surface area contributed by atoms with E-state index in [-0.39, 0.29) is 5.41 Å². The molecule has 0 radical (unpaired) electrons. The van der Waals surface area contributed by atoms with Gasteiger partial charge in [0.25, 0.3) is 0 Å². The van der Waals surface area contributed by atoms with Crippen LogP contribution in [0.25, 0.3) is 111 Å². The third kappa shape index (κ3) is 5.26. The molecular formula is C55H36N4O. The molecule has 5 nitrogen and oxygen atoms in total. The van der Waals surface area contributed by atoms with Gasteiger partial charge in [0.1, 0.15) is 11.2 Å². The van der Waals surface area contributed by atoms with Crippen LogP contribution in [0.1, 0.15) is 25.0 Å². The van der Waals surface area contributed by atoms with Gasteiger partial charge < -0.3 is 4.42 Å². The zero-order chi connectivity index (χ0) is 40.0. The fraction of sp³-hybridized carbons (Fsp3) is 0.0545. The van der Waals surface area contributed by atoms with E-state index in [0.29, 0.717) is 17.5 Å². The highest BCUT2D eigenvalue weighted by atomic mass is 16.3. The van der Waals surface area contributed by atoms with Crippen molar-refractivity contribution in [2.45, 2.75) is 19.3 Å². The quantitative estimate of drug-likeness (QED) is 0.163. The van der Waals surface area contributed by atoms with Gasteiger partial charge in [0.05, 0.1) is 11.2 Å². The fourth-order valence-corrected chi connectivity index (χ4v) is 9.40. The molecule has 11 aromatic rings. The summed E-state index contributed by atoms with van der Waals surface area (Å²) >= 11 is 0. The van der Waals surface area contributed by atoms with Gasteiger partial charge in [-0.15, -0.1) is 0 Å². The van der Waals surface area contributed by atoms with E-state index >= 15 is 0 Å². The molecule has 12 rings (SSSR count). The highest BCUT2D eigenvalue weighted by Gasteiger charge is 2.35. The van der Waals surface area contributed by atoms with Crippen molar-refractivity contribution in [3.05, 3.63) is 193 Å². The minimum atomic E-state index is -0.146. The van der Waals surface area contributed by atoms with E-state index in [0.717, 1.165) is 82.7 Å². The number of hydrogen-bond acceptors (Lipinski definition) is 5. The fourth-order valence-electron chi connectivity index (χ4n) is 9.40. The first-order valence-corrected chi connectivity index (χ1v) is 20.4. The minimum absolute atomic E-state index is 0.146. The van der Waals surface area contributed by atoms with Crippen molar-refractivity contribution >= 4 is 43.6 Å². The SMILES string of the molecule is CC1(C)c2ccccc2-c2ccc(-c3nc(-c4ccccc4)nc(-c4ccc(-c5c6c(cc7c(-c8ccccc8)nc8ccccc8c57)oc5ccccc56)cc4)n3)cc21. The zero-order valence-electron chi connectivity index (χ0n) is 33.0. The molecule has 0 amide bonds. The van der Waals surface area contributed by atoms with E-state index in [1.54, 1.807) is 0 Å². The first kappa shape index (κ1) is 34.3. The van der Waals surface area contributed by atoms with Gasteiger partial charge in [0, 0.05) is 60.2 Å². The lowest BCUT2D eigenvalue weighted by atomic mass is 9.82. The number of benzene rings is 8. The second-order valence-electron chi connectivity index (χ2n) is 16.2. The molecule has 0 fully saturated rings. The summed E-state index contributed by atoms with van der Waals surface area (Å²) in [6, 6.07) is 63.6. The zero-order valence-corrected chi connectivity index (χ0v) is 33.0. The summed E-state index contributed by atoms with van der Waals surface area (Å²) in [5.74, 6) is 1.90. The monoisotopic (exact) mass is 768 g/mol. The molecule has 0 unspecified atom stereocenters. The molecule has 282 valence electrons. The van der Waals surface area contributed by atoms with Crippen molar-refractivity contribution in [3.63, 3.8) is 0 Å². The van der Waals surface area contributed by atoms with Crippen molar-refractivity contribution in [2.24, 2.45) is 0 Å². The Kier molecular flexibility index (Phi) is 7.51. The van der Waals surface area contributed by atoms with Crippen molar-refractivity contribution in [3.8, 4) is 67.7 Å². The summed E-state index contributed by atoms with van der Waals surface area (Å²) in [4.78, 5) is 20.7. The number of hydrogen-bond donors (Lipinski definition) is 0. The predicted octanol–water partition coefficient (Wildman–Crippen LogP) is 14.1. The van der Waals surface area contributed by atoms with Crippen LogP contribution in [-0.2, 0) is 5.41 Å². The minimum Gasteiger partial charge on any atom is -0.456 e. The van der Waals surface area contributed by atoms with Gasteiger partial charge in [-0.2, -0.15) is 0 Å². The maximum atomic E-state index is 6.63. The Hall–Kier alpha value is -7.76. The molecule has 0 saturated carbocycles. The van der Waals surface area contributed by atoms with E-state index < -0.39 is 0 Å². The van der Waals surface area contributed by atoms with Crippen LogP contribution >= 0.6 is 0 Å². The number of para-hydroxylation sites is 2. The third-order valence-electron chi connectivity index (χ3n) is 12.3. The summed E-state index contributed by atoms with van der Waals surface area (Å²) in [6.45, 7) is 4.60. The molecule has 0 N–H and O–H groups in total. The summed E-state index contributed by atoms with van der Waals surface area (Å²) in [6.07, 6.45) is 0. The average Bonchev–Trinajstić information content (AvgIpc) is 3.79. The molecule has 0 saturated heterocycles. The van der Waals surface area contributed by atoms with Crippen LogP contribution in [0, 0.1) is 0 Å². The maximum absolute atomic E-state index is 6.63. The molecule has 8 aromatic carbocycles. The molecule has 0 atom stereocenters. The number of pyridine rings is 1. The number of rotatable bonds is 5. The van der Waals surface area contributed by atoms with Crippen LogP contribution in [0.5, 0.6) is 0 Å². The smallest absolute Gasteiger partial charge is 0.164 e. The summed E-state index contributed by atoms with van der Waals surface area (Å²) in [5, 5.41) is 5.43. The number of fused-ring (bicyclic) bond motifs is 9. The Morgan fingerprint density at radius 2 is 0.950 bits per heavy atom. The highest BCUT2D eigenvalue weighted by Crippen LogP contribution is 2.50. The van der Waals surface area contributed by atoms with Gasteiger partial charge in [-0.25, -0.2) is 19.9 Å². The van der Waals surface area contributed by atoms with Gasteiger partial charge in [0.2, 0.25) is 0 Å².